The van der Waals surface area contributed by atoms with E-state index in [0.29, 0.717) is 29.9 Å². The maximum absolute atomic E-state index is 12.4. The van der Waals surface area contributed by atoms with E-state index in [9.17, 15) is 13.2 Å². The fourth-order valence-corrected chi connectivity index (χ4v) is 3.13. The van der Waals surface area contributed by atoms with E-state index in [1.165, 1.54) is 6.20 Å². The highest BCUT2D eigenvalue weighted by Crippen LogP contribution is 2.33. The summed E-state index contributed by atoms with van der Waals surface area (Å²) >= 11 is 0.729. The van der Waals surface area contributed by atoms with Gasteiger partial charge in [0.1, 0.15) is 0 Å². The Labute approximate surface area is 108 Å². The van der Waals surface area contributed by atoms with Crippen LogP contribution >= 0.6 is 11.3 Å². The molecule has 2 atom stereocenters. The van der Waals surface area contributed by atoms with E-state index in [4.69, 9.17) is 5.73 Å². The topological polar surface area (TPSA) is 42.1 Å². The summed E-state index contributed by atoms with van der Waals surface area (Å²) in [6.07, 6.45) is -1.99. The molecule has 0 radical (unpaired) electrons. The maximum Gasteiger partial charge on any atom is 0.443 e. The molecule has 1 aromatic heterocycles. The average Bonchev–Trinajstić information content (AvgIpc) is 2.86. The van der Waals surface area contributed by atoms with Crippen LogP contribution in [-0.2, 0) is 12.7 Å². The van der Waals surface area contributed by atoms with Crippen molar-refractivity contribution in [3.05, 3.63) is 16.1 Å². The van der Waals surface area contributed by atoms with Gasteiger partial charge in [-0.1, -0.05) is 0 Å². The van der Waals surface area contributed by atoms with Crippen LogP contribution < -0.4 is 5.73 Å². The van der Waals surface area contributed by atoms with E-state index in [1.807, 2.05) is 0 Å². The third-order valence-corrected chi connectivity index (χ3v) is 4.31. The molecule has 1 aliphatic heterocycles. The molecule has 3 nitrogen and oxygen atoms in total. The lowest BCUT2D eigenvalue weighted by atomic mass is 10.1. The minimum absolute atomic E-state index is 0.370. The molecule has 102 valence electrons. The van der Waals surface area contributed by atoms with Crippen molar-refractivity contribution >= 4 is 11.3 Å². The molecular weight excluding hydrogens is 263 g/mol. The first-order valence-corrected chi connectivity index (χ1v) is 6.67. The van der Waals surface area contributed by atoms with Gasteiger partial charge in [0.05, 0.1) is 0 Å². The van der Waals surface area contributed by atoms with Gasteiger partial charge in [-0.05, 0) is 25.8 Å². The lowest BCUT2D eigenvalue weighted by Gasteiger charge is -2.19. The van der Waals surface area contributed by atoms with Crippen LogP contribution in [0.3, 0.4) is 0 Å². The number of likely N-dealkylation sites (tertiary alicyclic amines) is 1. The van der Waals surface area contributed by atoms with Gasteiger partial charge >= 0.3 is 6.18 Å². The maximum atomic E-state index is 12.4. The molecule has 0 bridgehead atoms. The van der Waals surface area contributed by atoms with E-state index < -0.39 is 11.2 Å². The molecule has 2 N–H and O–H groups in total. The van der Waals surface area contributed by atoms with Crippen molar-refractivity contribution in [3.8, 4) is 0 Å². The molecule has 0 aliphatic carbocycles. The summed E-state index contributed by atoms with van der Waals surface area (Å²) in [6, 6.07) is 0.370. The molecule has 1 aliphatic rings. The second-order valence-corrected chi connectivity index (χ2v) is 5.86. The second-order valence-electron chi connectivity index (χ2n) is 4.75. The zero-order valence-electron chi connectivity index (χ0n) is 10.1. The number of thiazole rings is 1. The predicted octanol–water partition coefficient (Wildman–Crippen LogP) is 2.33. The third-order valence-electron chi connectivity index (χ3n) is 3.28. The molecule has 18 heavy (non-hydrogen) atoms. The molecule has 0 aromatic carbocycles. The molecule has 0 spiro atoms. The Morgan fingerprint density at radius 2 is 2.28 bits per heavy atom. The van der Waals surface area contributed by atoms with E-state index in [2.05, 4.69) is 16.8 Å². The van der Waals surface area contributed by atoms with E-state index >= 15 is 0 Å². The molecule has 0 amide bonds. The van der Waals surface area contributed by atoms with Crippen LogP contribution in [0.25, 0.3) is 0 Å². The van der Waals surface area contributed by atoms with E-state index in [1.54, 1.807) is 0 Å². The van der Waals surface area contributed by atoms with Crippen LogP contribution in [0.4, 0.5) is 13.2 Å². The minimum atomic E-state index is -4.33. The van der Waals surface area contributed by atoms with Crippen molar-refractivity contribution in [1.29, 1.82) is 0 Å². The quantitative estimate of drug-likeness (QED) is 0.923. The summed E-state index contributed by atoms with van der Waals surface area (Å²) in [4.78, 5) is 6.27. The summed E-state index contributed by atoms with van der Waals surface area (Å²) in [5.74, 6) is 0.454. The van der Waals surface area contributed by atoms with Crippen LogP contribution in [0.2, 0.25) is 0 Å². The smallest absolute Gasteiger partial charge is 0.330 e. The highest BCUT2D eigenvalue weighted by atomic mass is 32.1. The van der Waals surface area contributed by atoms with E-state index in [0.717, 1.165) is 24.3 Å². The number of halogens is 3. The van der Waals surface area contributed by atoms with Crippen LogP contribution in [0, 0.1) is 5.92 Å². The lowest BCUT2D eigenvalue weighted by molar-refractivity contribution is -0.137. The number of aromatic nitrogens is 1. The first-order valence-electron chi connectivity index (χ1n) is 5.86. The largest absolute Gasteiger partial charge is 0.443 e. The summed E-state index contributed by atoms with van der Waals surface area (Å²) in [5.41, 5.74) is 5.63. The van der Waals surface area contributed by atoms with Gasteiger partial charge in [-0.2, -0.15) is 13.2 Å². The van der Waals surface area contributed by atoms with Gasteiger partial charge in [-0.25, -0.2) is 4.98 Å². The lowest BCUT2D eigenvalue weighted by Crippen LogP contribution is -2.26. The van der Waals surface area contributed by atoms with Gasteiger partial charge in [0, 0.05) is 30.2 Å². The van der Waals surface area contributed by atoms with E-state index in [-0.39, 0.29) is 0 Å². The van der Waals surface area contributed by atoms with Crippen molar-refractivity contribution in [1.82, 2.24) is 9.88 Å². The van der Waals surface area contributed by atoms with Crippen molar-refractivity contribution in [2.45, 2.75) is 32.1 Å². The van der Waals surface area contributed by atoms with Crippen molar-refractivity contribution in [2.75, 3.05) is 13.1 Å². The summed E-state index contributed by atoms with van der Waals surface area (Å²) in [6.45, 7) is 4.11. The molecule has 1 fully saturated rings. The van der Waals surface area contributed by atoms with Gasteiger partial charge in [-0.15, -0.1) is 11.3 Å². The Hall–Kier alpha value is -0.660. The van der Waals surface area contributed by atoms with Crippen LogP contribution in [0.5, 0.6) is 0 Å². The molecule has 1 aromatic rings. The Bertz CT molecular complexity index is 404. The standard InChI is InChI=1S/C11H16F3N3S/c1-7-2-8(3-15)5-17(7)6-9-4-16-10(18-9)11(12,13)14/h4,7-8H,2-3,5-6,15H2,1H3. The Kier molecular flexibility index (Phi) is 3.93. The van der Waals surface area contributed by atoms with Crippen LogP contribution in [-0.4, -0.2) is 29.0 Å². The molecule has 2 rings (SSSR count). The Balaban J connectivity index is 2.00. The normalized spacial score (nSPS) is 25.8. The zero-order chi connectivity index (χ0) is 13.3. The fraction of sp³-hybridized carbons (Fsp3) is 0.727. The molecular formula is C11H16F3N3S. The van der Waals surface area contributed by atoms with Gasteiger partial charge in [0.15, 0.2) is 5.01 Å². The molecule has 7 heteroatoms. The van der Waals surface area contributed by atoms with Crippen LogP contribution in [0.1, 0.15) is 23.2 Å². The zero-order valence-corrected chi connectivity index (χ0v) is 10.9. The minimum Gasteiger partial charge on any atom is -0.330 e. The molecule has 2 heterocycles. The van der Waals surface area contributed by atoms with Gasteiger partial charge in [0.2, 0.25) is 0 Å². The first-order chi connectivity index (χ1) is 8.40. The fourth-order valence-electron chi connectivity index (χ4n) is 2.32. The number of rotatable bonds is 3. The number of nitrogens with two attached hydrogens (primary N) is 1. The Morgan fingerprint density at radius 3 is 2.78 bits per heavy atom. The highest BCUT2D eigenvalue weighted by molar-refractivity contribution is 7.11. The molecule has 1 saturated heterocycles. The molecule has 0 saturated carbocycles. The molecule has 2 unspecified atom stereocenters. The number of nitrogens with zero attached hydrogens (tertiary/aromatic N) is 2. The van der Waals surface area contributed by atoms with Crippen molar-refractivity contribution < 1.29 is 13.2 Å². The number of alkyl halides is 3. The second kappa shape index (κ2) is 5.14. The average molecular weight is 279 g/mol. The Morgan fingerprint density at radius 1 is 1.56 bits per heavy atom. The third kappa shape index (κ3) is 3.02. The van der Waals surface area contributed by atoms with Crippen molar-refractivity contribution in [3.63, 3.8) is 0 Å². The first kappa shape index (κ1) is 13.8. The summed E-state index contributed by atoms with van der Waals surface area (Å²) < 4.78 is 37.3. The predicted molar refractivity (Wildman–Crippen MR) is 64.1 cm³/mol. The van der Waals surface area contributed by atoms with Gasteiger partial charge in [0.25, 0.3) is 0 Å². The van der Waals surface area contributed by atoms with Crippen LogP contribution in [0.15, 0.2) is 6.20 Å². The SMILES string of the molecule is CC1CC(CN)CN1Cc1cnc(C(F)(F)F)s1. The highest BCUT2D eigenvalue weighted by Gasteiger charge is 2.35. The summed E-state index contributed by atoms with van der Waals surface area (Å²) in [5, 5.41) is -0.764. The number of hydrogen-bond donors (Lipinski definition) is 1. The van der Waals surface area contributed by atoms with Crippen molar-refractivity contribution in [2.24, 2.45) is 11.7 Å². The monoisotopic (exact) mass is 279 g/mol. The van der Waals surface area contributed by atoms with Gasteiger partial charge < -0.3 is 5.73 Å². The summed E-state index contributed by atoms with van der Waals surface area (Å²) in [7, 11) is 0. The number of hydrogen-bond acceptors (Lipinski definition) is 4. The van der Waals surface area contributed by atoms with Gasteiger partial charge in [-0.3, -0.25) is 4.90 Å².